The van der Waals surface area contributed by atoms with Crippen LogP contribution in [0.1, 0.15) is 16.8 Å². The molecule has 1 aromatic heterocycles. The van der Waals surface area contributed by atoms with E-state index in [4.69, 9.17) is 12.2 Å². The first-order chi connectivity index (χ1) is 13.3. The van der Waals surface area contributed by atoms with E-state index in [9.17, 15) is 14.0 Å². The van der Waals surface area contributed by atoms with E-state index < -0.39 is 11.7 Å². The van der Waals surface area contributed by atoms with Gasteiger partial charge < -0.3 is 25.5 Å². The van der Waals surface area contributed by atoms with Crippen molar-refractivity contribution in [3.63, 3.8) is 0 Å². The average Bonchev–Trinajstić information content (AvgIpc) is 3.00. The third-order valence-electron chi connectivity index (χ3n) is 4.05. The molecule has 0 aliphatic carbocycles. The van der Waals surface area contributed by atoms with Crippen LogP contribution in [-0.2, 0) is 4.79 Å². The molecule has 1 heterocycles. The molecular weight excluding hydrogens is 381 g/mol. The van der Waals surface area contributed by atoms with Crippen molar-refractivity contribution in [2.45, 2.75) is 6.42 Å². The molecule has 3 aromatic rings. The van der Waals surface area contributed by atoms with E-state index in [0.29, 0.717) is 40.1 Å². The van der Waals surface area contributed by atoms with Crippen LogP contribution in [0.15, 0.2) is 36.4 Å². The lowest BCUT2D eigenvalue weighted by Crippen LogP contribution is -2.20. The zero-order chi connectivity index (χ0) is 20.3. The molecule has 0 bridgehead atoms. The largest absolute Gasteiger partial charge is 0.331 e. The molecule has 0 fully saturated rings. The second kappa shape index (κ2) is 8.32. The van der Waals surface area contributed by atoms with Gasteiger partial charge >= 0.3 is 0 Å². The summed E-state index contributed by atoms with van der Waals surface area (Å²) >= 11 is 5.01. The second-order valence-electron chi connectivity index (χ2n) is 6.59. The SMILES string of the molecule is CN(C)CCC(=O)Nc1ccc(NC(=O)c2cc(F)cc3[nH]c(=S)[nH]c23)cc1. The van der Waals surface area contributed by atoms with Crippen LogP contribution in [0, 0.1) is 10.6 Å². The Hall–Kier alpha value is -3.04. The molecule has 0 atom stereocenters. The molecule has 0 spiro atoms. The average molecular weight is 401 g/mol. The highest BCUT2D eigenvalue weighted by atomic mass is 32.1. The van der Waals surface area contributed by atoms with Crippen LogP contribution in [0.5, 0.6) is 0 Å². The molecule has 28 heavy (non-hydrogen) atoms. The molecule has 3 rings (SSSR count). The maximum absolute atomic E-state index is 13.8. The van der Waals surface area contributed by atoms with E-state index in [1.807, 2.05) is 19.0 Å². The van der Waals surface area contributed by atoms with Gasteiger partial charge in [-0.25, -0.2) is 4.39 Å². The number of aromatic amines is 2. The molecular formula is C19H20FN5O2S. The summed E-state index contributed by atoms with van der Waals surface area (Å²) < 4.78 is 14.1. The standard InChI is InChI=1S/C19H20FN5O2S/c1-25(2)8-7-16(26)21-12-3-5-13(6-4-12)22-18(27)14-9-11(20)10-15-17(14)24-19(28)23-15/h3-6,9-10H,7-8H2,1-2H3,(H,21,26)(H,22,27)(H2,23,24,28). The van der Waals surface area contributed by atoms with Crippen LogP contribution in [-0.4, -0.2) is 47.3 Å². The van der Waals surface area contributed by atoms with E-state index in [1.165, 1.54) is 6.07 Å². The summed E-state index contributed by atoms with van der Waals surface area (Å²) in [4.78, 5) is 32.0. The molecule has 9 heteroatoms. The molecule has 0 aliphatic rings. The van der Waals surface area contributed by atoms with Crippen molar-refractivity contribution in [1.82, 2.24) is 14.9 Å². The number of rotatable bonds is 6. The van der Waals surface area contributed by atoms with Gasteiger partial charge in [0.15, 0.2) is 4.77 Å². The normalized spacial score (nSPS) is 11.0. The maximum atomic E-state index is 13.8. The highest BCUT2D eigenvalue weighted by Gasteiger charge is 2.14. The number of nitrogens with one attached hydrogen (secondary N) is 4. The molecule has 2 amide bonds. The number of carbonyl (C=O) groups excluding carboxylic acids is 2. The van der Waals surface area contributed by atoms with E-state index in [1.54, 1.807) is 24.3 Å². The van der Waals surface area contributed by atoms with Gasteiger partial charge in [-0.1, -0.05) is 0 Å². The van der Waals surface area contributed by atoms with Crippen LogP contribution < -0.4 is 10.6 Å². The van der Waals surface area contributed by atoms with Crippen LogP contribution in [0.2, 0.25) is 0 Å². The number of carbonyl (C=O) groups is 2. The predicted octanol–water partition coefficient (Wildman–Crippen LogP) is 3.51. The van der Waals surface area contributed by atoms with Gasteiger partial charge in [-0.2, -0.15) is 0 Å². The third kappa shape index (κ3) is 4.81. The van der Waals surface area contributed by atoms with Gasteiger partial charge in [0.25, 0.3) is 5.91 Å². The number of H-pyrrole nitrogens is 2. The van der Waals surface area contributed by atoms with Crippen LogP contribution in [0.3, 0.4) is 0 Å². The Labute approximate surface area is 165 Å². The summed E-state index contributed by atoms with van der Waals surface area (Å²) in [5, 5.41) is 5.51. The molecule has 0 saturated heterocycles. The predicted molar refractivity (Wildman–Crippen MR) is 110 cm³/mol. The highest BCUT2D eigenvalue weighted by molar-refractivity contribution is 7.71. The number of halogens is 1. The van der Waals surface area contributed by atoms with Crippen molar-refractivity contribution in [2.24, 2.45) is 0 Å². The fraction of sp³-hybridized carbons (Fsp3) is 0.211. The first-order valence-electron chi connectivity index (χ1n) is 8.59. The van der Waals surface area contributed by atoms with E-state index in [2.05, 4.69) is 20.6 Å². The minimum atomic E-state index is -0.543. The van der Waals surface area contributed by atoms with Gasteiger partial charge in [-0.15, -0.1) is 0 Å². The van der Waals surface area contributed by atoms with Crippen molar-refractivity contribution >= 4 is 46.4 Å². The van der Waals surface area contributed by atoms with Crippen molar-refractivity contribution in [2.75, 3.05) is 31.3 Å². The van der Waals surface area contributed by atoms with E-state index >= 15 is 0 Å². The van der Waals surface area contributed by atoms with Crippen molar-refractivity contribution < 1.29 is 14.0 Å². The molecule has 2 aromatic carbocycles. The fourth-order valence-corrected chi connectivity index (χ4v) is 2.88. The molecule has 0 unspecified atom stereocenters. The van der Waals surface area contributed by atoms with Gasteiger partial charge in [-0.05, 0) is 62.7 Å². The lowest BCUT2D eigenvalue weighted by atomic mass is 10.1. The number of benzene rings is 2. The highest BCUT2D eigenvalue weighted by Crippen LogP contribution is 2.20. The third-order valence-corrected chi connectivity index (χ3v) is 4.25. The number of hydrogen-bond donors (Lipinski definition) is 4. The van der Waals surface area contributed by atoms with Gasteiger partial charge in [-0.3, -0.25) is 9.59 Å². The Morgan fingerprint density at radius 3 is 2.36 bits per heavy atom. The summed E-state index contributed by atoms with van der Waals surface area (Å²) in [5.74, 6) is -1.11. The van der Waals surface area contributed by atoms with Gasteiger partial charge in [0.1, 0.15) is 5.82 Å². The number of hydrogen-bond acceptors (Lipinski definition) is 4. The lowest BCUT2D eigenvalue weighted by Gasteiger charge is -2.10. The molecule has 0 aliphatic heterocycles. The number of fused-ring (bicyclic) bond motifs is 1. The summed E-state index contributed by atoms with van der Waals surface area (Å²) in [6.45, 7) is 0.657. The smallest absolute Gasteiger partial charge is 0.257 e. The van der Waals surface area contributed by atoms with Crippen molar-refractivity contribution in [3.05, 3.63) is 52.5 Å². The number of nitrogens with zero attached hydrogens (tertiary/aromatic N) is 1. The van der Waals surface area contributed by atoms with Crippen LogP contribution in [0.4, 0.5) is 15.8 Å². The fourth-order valence-electron chi connectivity index (χ4n) is 2.67. The van der Waals surface area contributed by atoms with Crippen LogP contribution >= 0.6 is 12.2 Å². The molecule has 0 radical (unpaired) electrons. The molecule has 7 nitrogen and oxygen atoms in total. The molecule has 0 saturated carbocycles. The summed E-state index contributed by atoms with van der Waals surface area (Å²) in [7, 11) is 3.80. The van der Waals surface area contributed by atoms with Gasteiger partial charge in [0.05, 0.1) is 16.6 Å². The first-order valence-corrected chi connectivity index (χ1v) is 9.00. The Morgan fingerprint density at radius 2 is 1.71 bits per heavy atom. The Kier molecular flexibility index (Phi) is 5.86. The number of aromatic nitrogens is 2. The van der Waals surface area contributed by atoms with Crippen LogP contribution in [0.25, 0.3) is 11.0 Å². The Balaban J connectivity index is 1.70. The molecule has 4 N–H and O–H groups in total. The number of anilines is 2. The zero-order valence-corrected chi connectivity index (χ0v) is 16.2. The molecule has 146 valence electrons. The van der Waals surface area contributed by atoms with E-state index in [-0.39, 0.29) is 11.5 Å². The van der Waals surface area contributed by atoms with E-state index in [0.717, 1.165) is 6.07 Å². The first kappa shape index (κ1) is 19.7. The zero-order valence-electron chi connectivity index (χ0n) is 15.4. The monoisotopic (exact) mass is 401 g/mol. The number of amides is 2. The maximum Gasteiger partial charge on any atom is 0.257 e. The minimum Gasteiger partial charge on any atom is -0.331 e. The van der Waals surface area contributed by atoms with Crippen molar-refractivity contribution in [3.8, 4) is 0 Å². The van der Waals surface area contributed by atoms with Gasteiger partial charge in [0.2, 0.25) is 5.91 Å². The Morgan fingerprint density at radius 1 is 1.07 bits per heavy atom. The quantitative estimate of drug-likeness (QED) is 0.476. The summed E-state index contributed by atoms with van der Waals surface area (Å²) in [6, 6.07) is 9.12. The van der Waals surface area contributed by atoms with Gasteiger partial charge in [0, 0.05) is 24.3 Å². The topological polar surface area (TPSA) is 93.0 Å². The number of imidazole rings is 1. The Bertz CT molecular complexity index is 1070. The minimum absolute atomic E-state index is 0.0876. The summed E-state index contributed by atoms with van der Waals surface area (Å²) in [6.07, 6.45) is 0.388. The summed E-state index contributed by atoms with van der Waals surface area (Å²) in [5.41, 5.74) is 2.15. The van der Waals surface area contributed by atoms with Crippen molar-refractivity contribution in [1.29, 1.82) is 0 Å². The second-order valence-corrected chi connectivity index (χ2v) is 7.00. The lowest BCUT2D eigenvalue weighted by molar-refractivity contribution is -0.116.